The van der Waals surface area contributed by atoms with Crippen molar-refractivity contribution < 1.29 is 0 Å². The van der Waals surface area contributed by atoms with Crippen molar-refractivity contribution in [3.8, 4) is 0 Å². The number of fused-ring (bicyclic) bond motifs is 1. The third-order valence-electron chi connectivity index (χ3n) is 1.98. The van der Waals surface area contributed by atoms with Crippen LogP contribution in [-0.4, -0.2) is 5.38 Å². The van der Waals surface area contributed by atoms with Gasteiger partial charge in [-0.1, -0.05) is 24.3 Å². The number of hydrogen-bond donors (Lipinski definition) is 0. The van der Waals surface area contributed by atoms with Crippen molar-refractivity contribution in [2.24, 2.45) is 11.8 Å². The predicted molar refractivity (Wildman–Crippen MR) is 34.9 cm³/mol. The predicted octanol–water partition coefficient (Wildman–Crippen LogP) is 1.97. The zero-order chi connectivity index (χ0) is 5.72. The van der Waals surface area contributed by atoms with Crippen molar-refractivity contribution in [1.29, 1.82) is 0 Å². The lowest BCUT2D eigenvalue weighted by atomic mass is 10.3. The fourth-order valence-electron chi connectivity index (χ4n) is 1.35. The summed E-state index contributed by atoms with van der Waals surface area (Å²) in [5, 5.41) is 0.257. The van der Waals surface area contributed by atoms with Crippen LogP contribution >= 0.6 is 11.6 Å². The standard InChI is InChI=1S/C7H7Cl/c1-4-5-2-3-6(8)7(4)5/h2-3,5-7H,1H2. The van der Waals surface area contributed by atoms with Crippen LogP contribution in [0.2, 0.25) is 0 Å². The zero-order valence-corrected chi connectivity index (χ0v) is 5.23. The Morgan fingerprint density at radius 1 is 1.50 bits per heavy atom. The van der Waals surface area contributed by atoms with Gasteiger partial charge in [0.25, 0.3) is 0 Å². The van der Waals surface area contributed by atoms with Gasteiger partial charge in [0, 0.05) is 11.8 Å². The van der Waals surface area contributed by atoms with E-state index in [-0.39, 0.29) is 5.38 Å². The van der Waals surface area contributed by atoms with Crippen LogP contribution in [0.25, 0.3) is 0 Å². The highest BCUT2D eigenvalue weighted by molar-refractivity contribution is 6.23. The van der Waals surface area contributed by atoms with Crippen molar-refractivity contribution in [3.63, 3.8) is 0 Å². The van der Waals surface area contributed by atoms with E-state index in [1.54, 1.807) is 0 Å². The Hall–Kier alpha value is -0.230. The minimum atomic E-state index is 0.257. The van der Waals surface area contributed by atoms with Gasteiger partial charge in [0.05, 0.1) is 5.38 Å². The molecule has 1 saturated carbocycles. The topological polar surface area (TPSA) is 0 Å². The van der Waals surface area contributed by atoms with Crippen molar-refractivity contribution in [1.82, 2.24) is 0 Å². The van der Waals surface area contributed by atoms with Gasteiger partial charge < -0.3 is 0 Å². The van der Waals surface area contributed by atoms with Gasteiger partial charge in [-0.05, 0) is 0 Å². The number of hydrogen-bond acceptors (Lipinski definition) is 0. The van der Waals surface area contributed by atoms with Crippen molar-refractivity contribution in [3.05, 3.63) is 24.3 Å². The van der Waals surface area contributed by atoms with E-state index in [9.17, 15) is 0 Å². The maximum Gasteiger partial charge on any atom is 0.0590 e. The van der Waals surface area contributed by atoms with Gasteiger partial charge in [0.2, 0.25) is 0 Å². The number of halogens is 1. The summed E-state index contributed by atoms with van der Waals surface area (Å²) in [6, 6.07) is 0. The molecule has 0 aromatic heterocycles. The first kappa shape index (κ1) is 4.63. The van der Waals surface area contributed by atoms with Crippen LogP contribution in [0.1, 0.15) is 0 Å². The largest absolute Gasteiger partial charge is 0.118 e. The Kier molecular flexibility index (Phi) is 0.688. The molecule has 8 heavy (non-hydrogen) atoms. The van der Waals surface area contributed by atoms with Gasteiger partial charge in [-0.2, -0.15) is 0 Å². The molecule has 0 saturated heterocycles. The molecule has 0 aromatic carbocycles. The van der Waals surface area contributed by atoms with Gasteiger partial charge in [0.15, 0.2) is 0 Å². The van der Waals surface area contributed by atoms with Crippen LogP contribution in [0.15, 0.2) is 24.3 Å². The highest BCUT2D eigenvalue weighted by Gasteiger charge is 2.47. The number of alkyl halides is 1. The van der Waals surface area contributed by atoms with Gasteiger partial charge in [-0.15, -0.1) is 11.6 Å². The summed E-state index contributed by atoms with van der Waals surface area (Å²) >= 11 is 5.85. The molecule has 0 aliphatic heterocycles. The molecule has 0 N–H and O–H groups in total. The fourth-order valence-corrected chi connectivity index (χ4v) is 1.76. The first-order valence-electron chi connectivity index (χ1n) is 2.82. The Bertz CT molecular complexity index is 169. The quantitative estimate of drug-likeness (QED) is 0.344. The third-order valence-corrected chi connectivity index (χ3v) is 2.40. The molecule has 0 amide bonds. The molecule has 3 atom stereocenters. The Morgan fingerprint density at radius 3 is 2.50 bits per heavy atom. The van der Waals surface area contributed by atoms with E-state index < -0.39 is 0 Å². The van der Waals surface area contributed by atoms with Crippen LogP contribution in [-0.2, 0) is 0 Å². The summed E-state index contributed by atoms with van der Waals surface area (Å²) in [4.78, 5) is 0. The minimum absolute atomic E-state index is 0.257. The van der Waals surface area contributed by atoms with E-state index in [2.05, 4.69) is 18.7 Å². The highest BCUT2D eigenvalue weighted by atomic mass is 35.5. The highest BCUT2D eigenvalue weighted by Crippen LogP contribution is 2.53. The summed E-state index contributed by atoms with van der Waals surface area (Å²) in [5.74, 6) is 1.26. The van der Waals surface area contributed by atoms with E-state index in [0.717, 1.165) is 0 Å². The van der Waals surface area contributed by atoms with E-state index in [0.29, 0.717) is 11.8 Å². The molecule has 0 heterocycles. The monoisotopic (exact) mass is 126 g/mol. The number of rotatable bonds is 0. The first-order chi connectivity index (χ1) is 3.80. The van der Waals surface area contributed by atoms with Crippen molar-refractivity contribution >= 4 is 11.6 Å². The average Bonchev–Trinajstić information content (AvgIpc) is 2.13. The normalized spacial score (nSPS) is 49.6. The van der Waals surface area contributed by atoms with Crippen molar-refractivity contribution in [2.45, 2.75) is 5.38 Å². The van der Waals surface area contributed by atoms with E-state index in [1.807, 2.05) is 0 Å². The SMILES string of the molecule is C=C1C2C=CC(Cl)C12. The molecular formula is C7H7Cl. The summed E-state index contributed by atoms with van der Waals surface area (Å²) in [6.45, 7) is 3.87. The van der Waals surface area contributed by atoms with Crippen molar-refractivity contribution in [2.75, 3.05) is 0 Å². The molecule has 2 aliphatic rings. The molecule has 0 radical (unpaired) electrons. The number of allylic oxidation sites excluding steroid dienone is 3. The molecule has 0 aromatic rings. The maximum absolute atomic E-state index is 5.85. The average molecular weight is 127 g/mol. The Labute approximate surface area is 53.8 Å². The molecule has 2 rings (SSSR count). The maximum atomic E-state index is 5.85. The molecule has 0 bridgehead atoms. The molecular weight excluding hydrogens is 120 g/mol. The lowest BCUT2D eigenvalue weighted by Gasteiger charge is -1.91. The second-order valence-corrected chi connectivity index (χ2v) is 2.96. The molecule has 2 aliphatic carbocycles. The van der Waals surface area contributed by atoms with Crippen LogP contribution < -0.4 is 0 Å². The third kappa shape index (κ3) is 0.373. The molecule has 0 spiro atoms. The van der Waals surface area contributed by atoms with Gasteiger partial charge in [0.1, 0.15) is 0 Å². The molecule has 3 unspecified atom stereocenters. The van der Waals surface area contributed by atoms with Crippen LogP contribution in [0, 0.1) is 11.8 Å². The minimum Gasteiger partial charge on any atom is -0.118 e. The van der Waals surface area contributed by atoms with E-state index in [1.165, 1.54) is 5.57 Å². The second kappa shape index (κ2) is 1.19. The summed E-state index contributed by atoms with van der Waals surface area (Å²) in [6.07, 6.45) is 4.22. The van der Waals surface area contributed by atoms with Gasteiger partial charge in [-0.25, -0.2) is 0 Å². The second-order valence-electron chi connectivity index (χ2n) is 2.46. The molecule has 1 heteroatoms. The molecule has 1 fully saturated rings. The van der Waals surface area contributed by atoms with Gasteiger partial charge in [-0.3, -0.25) is 0 Å². The Morgan fingerprint density at radius 2 is 2.25 bits per heavy atom. The lowest BCUT2D eigenvalue weighted by molar-refractivity contribution is 0.876. The van der Waals surface area contributed by atoms with Gasteiger partial charge >= 0.3 is 0 Å². The van der Waals surface area contributed by atoms with Crippen LogP contribution in [0.3, 0.4) is 0 Å². The van der Waals surface area contributed by atoms with Crippen LogP contribution in [0.4, 0.5) is 0 Å². The zero-order valence-electron chi connectivity index (χ0n) is 4.47. The van der Waals surface area contributed by atoms with E-state index >= 15 is 0 Å². The van der Waals surface area contributed by atoms with E-state index in [4.69, 9.17) is 11.6 Å². The Balaban J connectivity index is 2.29. The summed E-state index contributed by atoms with van der Waals surface area (Å²) in [7, 11) is 0. The molecule has 42 valence electrons. The fraction of sp³-hybridized carbons (Fsp3) is 0.429. The lowest BCUT2D eigenvalue weighted by Crippen LogP contribution is -1.91. The summed E-state index contributed by atoms with van der Waals surface area (Å²) in [5.41, 5.74) is 1.33. The first-order valence-corrected chi connectivity index (χ1v) is 3.25. The molecule has 0 nitrogen and oxygen atoms in total. The van der Waals surface area contributed by atoms with Crippen LogP contribution in [0.5, 0.6) is 0 Å². The smallest absolute Gasteiger partial charge is 0.0590 e. The summed E-state index contributed by atoms with van der Waals surface area (Å²) < 4.78 is 0.